The zero-order valence-electron chi connectivity index (χ0n) is 27.4. The van der Waals surface area contributed by atoms with Crippen molar-refractivity contribution >= 4 is 43.6 Å². The van der Waals surface area contributed by atoms with Gasteiger partial charge in [-0.05, 0) is 22.6 Å². The van der Waals surface area contributed by atoms with Crippen LogP contribution in [-0.2, 0) is 0 Å². The maximum Gasteiger partial charge on any atom is 0.164 e. The summed E-state index contributed by atoms with van der Waals surface area (Å²) in [6, 6.07) is 58.0. The smallest absolute Gasteiger partial charge is 0.164 e. The van der Waals surface area contributed by atoms with Crippen molar-refractivity contribution in [2.24, 2.45) is 0 Å². The lowest BCUT2D eigenvalue weighted by atomic mass is 9.99. The normalized spacial score (nSPS) is 11.5. The number of hydrogen-bond donors (Lipinski definition) is 0. The fraction of sp³-hybridized carbons (Fsp3) is 0. The molecule has 0 aliphatic heterocycles. The zero-order valence-corrected chi connectivity index (χ0v) is 27.4. The summed E-state index contributed by atoms with van der Waals surface area (Å²) in [6.07, 6.45) is 0. The Labute approximate surface area is 293 Å². The first-order valence-electron chi connectivity index (χ1n) is 17.0. The Morgan fingerprint density at radius 1 is 0.333 bits per heavy atom. The van der Waals surface area contributed by atoms with Gasteiger partial charge in [-0.3, -0.25) is 0 Å². The third-order valence-electron chi connectivity index (χ3n) is 9.54. The van der Waals surface area contributed by atoms with Crippen molar-refractivity contribution in [1.29, 1.82) is 0 Å². The molecule has 0 amide bonds. The molecule has 5 heteroatoms. The Bertz CT molecular complexity index is 2880. The minimum Gasteiger partial charge on any atom is -0.454 e. The number of rotatable bonds is 5. The monoisotopic (exact) mass is 652 g/mol. The lowest BCUT2D eigenvalue weighted by molar-refractivity contribution is 0.669. The van der Waals surface area contributed by atoms with Gasteiger partial charge in [-0.15, -0.1) is 0 Å². The van der Waals surface area contributed by atoms with Crippen molar-refractivity contribution in [2.45, 2.75) is 0 Å². The van der Waals surface area contributed by atoms with E-state index < -0.39 is 0 Å². The minimum absolute atomic E-state index is 0.601. The Morgan fingerprint density at radius 2 is 0.824 bits per heavy atom. The molecule has 0 saturated carbocycles. The van der Waals surface area contributed by atoms with E-state index in [0.717, 1.165) is 77.1 Å². The highest BCUT2D eigenvalue weighted by Gasteiger charge is 2.19. The van der Waals surface area contributed by atoms with Crippen LogP contribution in [0.5, 0.6) is 0 Å². The van der Waals surface area contributed by atoms with E-state index in [1.54, 1.807) is 0 Å². The fourth-order valence-electron chi connectivity index (χ4n) is 6.99. The number of pyridine rings is 1. The molecular formula is C46H28N4O. The highest BCUT2D eigenvalue weighted by Crippen LogP contribution is 2.41. The molecule has 0 fully saturated rings. The standard InChI is InChI=1S/C46H28N4O/c1-3-11-29(12-4-1)30-19-23-34(24-20-30)45-48-44(33-14-5-2-6-15-33)49-46(50-45)35-25-21-32(22-26-35)41-43-40(37-17-9-10-18-39(37)51-43)38-28-27-31-13-7-8-16-36(31)42(38)47-41/h1-28H. The van der Waals surface area contributed by atoms with Crippen LogP contribution in [0.3, 0.4) is 0 Å². The summed E-state index contributed by atoms with van der Waals surface area (Å²) in [7, 11) is 0. The van der Waals surface area contributed by atoms with Crippen molar-refractivity contribution in [2.75, 3.05) is 0 Å². The Balaban J connectivity index is 1.11. The van der Waals surface area contributed by atoms with Crippen LogP contribution in [0.2, 0.25) is 0 Å². The molecular weight excluding hydrogens is 625 g/mol. The summed E-state index contributed by atoms with van der Waals surface area (Å²) in [5.74, 6) is 1.84. The Kier molecular flexibility index (Phi) is 6.74. The van der Waals surface area contributed by atoms with E-state index in [1.165, 1.54) is 5.56 Å². The van der Waals surface area contributed by atoms with Crippen molar-refractivity contribution in [1.82, 2.24) is 19.9 Å². The number of benzene rings is 7. The largest absolute Gasteiger partial charge is 0.454 e. The quantitative estimate of drug-likeness (QED) is 0.173. The van der Waals surface area contributed by atoms with Crippen molar-refractivity contribution in [3.05, 3.63) is 170 Å². The van der Waals surface area contributed by atoms with Crippen molar-refractivity contribution in [3.8, 4) is 56.5 Å². The molecule has 0 radical (unpaired) electrons. The van der Waals surface area contributed by atoms with Gasteiger partial charge in [-0.2, -0.15) is 0 Å². The number of hydrogen-bond acceptors (Lipinski definition) is 5. The molecule has 10 rings (SSSR count). The predicted molar refractivity (Wildman–Crippen MR) is 207 cm³/mol. The van der Waals surface area contributed by atoms with Crippen molar-refractivity contribution in [3.63, 3.8) is 0 Å². The minimum atomic E-state index is 0.601. The van der Waals surface area contributed by atoms with Gasteiger partial charge >= 0.3 is 0 Å². The summed E-state index contributed by atoms with van der Waals surface area (Å²) in [5.41, 5.74) is 9.37. The number of fused-ring (bicyclic) bond motifs is 7. The number of para-hydroxylation sites is 1. The van der Waals surface area contributed by atoms with Crippen LogP contribution in [0.25, 0.3) is 100 Å². The van der Waals surface area contributed by atoms with Gasteiger partial charge in [-0.1, -0.05) is 164 Å². The molecule has 0 aliphatic rings. The van der Waals surface area contributed by atoms with Gasteiger partial charge in [0, 0.05) is 43.8 Å². The summed E-state index contributed by atoms with van der Waals surface area (Å²) in [5, 5.41) is 5.50. The van der Waals surface area contributed by atoms with Gasteiger partial charge in [0.2, 0.25) is 0 Å². The molecule has 3 aromatic heterocycles. The molecule has 7 aromatic carbocycles. The molecule has 0 spiro atoms. The van der Waals surface area contributed by atoms with Crippen LogP contribution >= 0.6 is 0 Å². The number of furan rings is 1. The van der Waals surface area contributed by atoms with Gasteiger partial charge in [0.05, 0.1) is 5.52 Å². The molecule has 0 bridgehead atoms. The zero-order chi connectivity index (χ0) is 33.7. The molecule has 0 aliphatic carbocycles. The number of nitrogens with zero attached hydrogens (tertiary/aromatic N) is 4. The molecule has 0 atom stereocenters. The second-order valence-corrected chi connectivity index (χ2v) is 12.6. The van der Waals surface area contributed by atoms with E-state index >= 15 is 0 Å². The predicted octanol–water partition coefficient (Wildman–Crippen LogP) is 11.8. The van der Waals surface area contributed by atoms with E-state index in [4.69, 9.17) is 24.4 Å². The van der Waals surface area contributed by atoms with E-state index in [9.17, 15) is 0 Å². The molecule has 0 unspecified atom stereocenters. The van der Waals surface area contributed by atoms with E-state index in [2.05, 4.69) is 121 Å². The second-order valence-electron chi connectivity index (χ2n) is 12.6. The van der Waals surface area contributed by atoms with Crippen LogP contribution < -0.4 is 0 Å². The average Bonchev–Trinajstić information content (AvgIpc) is 3.61. The molecule has 238 valence electrons. The lowest BCUT2D eigenvalue weighted by Gasteiger charge is -2.11. The van der Waals surface area contributed by atoms with Crippen molar-refractivity contribution < 1.29 is 4.42 Å². The second kappa shape index (κ2) is 11.9. The molecule has 3 heterocycles. The Hall–Kier alpha value is -6.98. The third-order valence-corrected chi connectivity index (χ3v) is 9.54. The first-order chi connectivity index (χ1) is 25.3. The molecule has 10 aromatic rings. The molecule has 0 N–H and O–H groups in total. The molecule has 5 nitrogen and oxygen atoms in total. The van der Waals surface area contributed by atoms with Gasteiger partial charge in [0.25, 0.3) is 0 Å². The van der Waals surface area contributed by atoms with Crippen LogP contribution in [0, 0.1) is 0 Å². The van der Waals surface area contributed by atoms with Gasteiger partial charge in [-0.25, -0.2) is 19.9 Å². The SMILES string of the molecule is c1ccc(-c2ccc(-c3nc(-c4ccccc4)nc(-c4ccc(-c5nc6c7ccccc7ccc6c6c5oc5ccccc56)cc4)n3)cc2)cc1. The van der Waals surface area contributed by atoms with Crippen LogP contribution in [0.4, 0.5) is 0 Å². The third kappa shape index (κ3) is 5.03. The molecule has 0 saturated heterocycles. The summed E-state index contributed by atoms with van der Waals surface area (Å²) in [4.78, 5) is 20.2. The van der Waals surface area contributed by atoms with E-state index in [-0.39, 0.29) is 0 Å². The van der Waals surface area contributed by atoms with Crippen LogP contribution in [-0.4, -0.2) is 19.9 Å². The highest BCUT2D eigenvalue weighted by molar-refractivity contribution is 6.24. The maximum atomic E-state index is 6.54. The first-order valence-corrected chi connectivity index (χ1v) is 17.0. The fourth-order valence-corrected chi connectivity index (χ4v) is 6.99. The topological polar surface area (TPSA) is 64.7 Å². The van der Waals surface area contributed by atoms with E-state index in [0.29, 0.717) is 17.5 Å². The van der Waals surface area contributed by atoms with Gasteiger partial charge < -0.3 is 4.42 Å². The summed E-state index contributed by atoms with van der Waals surface area (Å²) < 4.78 is 6.54. The van der Waals surface area contributed by atoms with E-state index in [1.807, 2.05) is 48.5 Å². The first kappa shape index (κ1) is 29.0. The molecule has 51 heavy (non-hydrogen) atoms. The lowest BCUT2D eigenvalue weighted by Crippen LogP contribution is -2.00. The van der Waals surface area contributed by atoms with Crippen LogP contribution in [0.1, 0.15) is 0 Å². The highest BCUT2D eigenvalue weighted by atomic mass is 16.3. The Morgan fingerprint density at radius 3 is 1.49 bits per heavy atom. The maximum absolute atomic E-state index is 6.54. The van der Waals surface area contributed by atoms with Gasteiger partial charge in [0.1, 0.15) is 11.3 Å². The number of aromatic nitrogens is 4. The van der Waals surface area contributed by atoms with Crippen LogP contribution in [0.15, 0.2) is 174 Å². The summed E-state index contributed by atoms with van der Waals surface area (Å²) >= 11 is 0. The summed E-state index contributed by atoms with van der Waals surface area (Å²) in [6.45, 7) is 0. The van der Waals surface area contributed by atoms with Gasteiger partial charge in [0.15, 0.2) is 23.1 Å². The average molecular weight is 653 g/mol.